The molecular weight excluding hydrogens is 207 g/mol. The molecule has 3 N–H and O–H groups in total. The lowest BCUT2D eigenvalue weighted by Crippen LogP contribution is -2.28. The Kier molecular flexibility index (Phi) is 4.95. The van der Waals surface area contributed by atoms with Gasteiger partial charge in [-0.05, 0) is 17.7 Å². The van der Waals surface area contributed by atoms with Crippen molar-refractivity contribution in [1.82, 2.24) is 5.32 Å². The van der Waals surface area contributed by atoms with Gasteiger partial charge in [0.25, 0.3) is 0 Å². The van der Waals surface area contributed by atoms with Crippen LogP contribution >= 0.6 is 0 Å². The van der Waals surface area contributed by atoms with Crippen molar-refractivity contribution < 1.29 is 9.13 Å². The number of benzene rings is 1. The molecule has 3 nitrogen and oxygen atoms in total. The second kappa shape index (κ2) is 6.25. The van der Waals surface area contributed by atoms with Gasteiger partial charge in [-0.1, -0.05) is 12.1 Å². The van der Waals surface area contributed by atoms with Gasteiger partial charge in [0.1, 0.15) is 0 Å². The molecule has 0 heterocycles. The molecule has 0 aliphatic carbocycles. The van der Waals surface area contributed by atoms with Crippen LogP contribution in [0.1, 0.15) is 11.6 Å². The van der Waals surface area contributed by atoms with Crippen LogP contribution in [-0.4, -0.2) is 20.2 Å². The maximum Gasteiger partial charge on any atom is 0.165 e. The van der Waals surface area contributed by atoms with Crippen LogP contribution in [0.25, 0.3) is 0 Å². The smallest absolute Gasteiger partial charge is 0.165 e. The van der Waals surface area contributed by atoms with Crippen LogP contribution in [-0.2, 0) is 0 Å². The van der Waals surface area contributed by atoms with Gasteiger partial charge >= 0.3 is 0 Å². The molecule has 0 saturated carbocycles. The number of hydrogen-bond donors (Lipinski definition) is 2. The lowest BCUT2D eigenvalue weighted by atomic mass is 10.1. The average Bonchev–Trinajstić information content (AvgIpc) is 2.30. The largest absolute Gasteiger partial charge is 0.494 e. The van der Waals surface area contributed by atoms with Crippen LogP contribution in [0.4, 0.5) is 4.39 Å². The van der Waals surface area contributed by atoms with E-state index in [1.54, 1.807) is 18.2 Å². The number of methoxy groups -OCH3 is 1. The highest BCUT2D eigenvalue weighted by Crippen LogP contribution is 2.21. The van der Waals surface area contributed by atoms with E-state index in [4.69, 9.17) is 10.5 Å². The van der Waals surface area contributed by atoms with E-state index in [-0.39, 0.29) is 17.6 Å². The Morgan fingerprint density at radius 1 is 1.62 bits per heavy atom. The van der Waals surface area contributed by atoms with Crippen molar-refractivity contribution in [2.75, 3.05) is 20.2 Å². The molecule has 0 saturated heterocycles. The van der Waals surface area contributed by atoms with Crippen LogP contribution in [0, 0.1) is 5.82 Å². The summed E-state index contributed by atoms with van der Waals surface area (Å²) in [5.74, 6) is -0.137. The lowest BCUT2D eigenvalue weighted by Gasteiger charge is -2.16. The molecule has 1 rings (SSSR count). The Bertz CT molecular complexity index is 355. The number of hydrogen-bond acceptors (Lipinski definition) is 3. The summed E-state index contributed by atoms with van der Waals surface area (Å²) in [4.78, 5) is 0. The molecule has 0 amide bonds. The maximum atomic E-state index is 13.5. The monoisotopic (exact) mass is 224 g/mol. The minimum absolute atomic E-state index is 0.0709. The van der Waals surface area contributed by atoms with E-state index in [1.807, 2.05) is 0 Å². The fourth-order valence-corrected chi connectivity index (χ4v) is 1.46. The molecule has 0 fully saturated rings. The molecule has 0 aliphatic rings. The lowest BCUT2D eigenvalue weighted by molar-refractivity contribution is 0.385. The second-order valence-electron chi connectivity index (χ2n) is 3.38. The number of rotatable bonds is 6. The van der Waals surface area contributed by atoms with Crippen molar-refractivity contribution in [2.45, 2.75) is 6.04 Å². The van der Waals surface area contributed by atoms with Crippen LogP contribution < -0.4 is 15.8 Å². The summed E-state index contributed by atoms with van der Waals surface area (Å²) in [5, 5.41) is 3.15. The number of halogens is 1. The first-order valence-electron chi connectivity index (χ1n) is 5.10. The predicted octanol–water partition coefficient (Wildman–Crippen LogP) is 1.61. The second-order valence-corrected chi connectivity index (χ2v) is 3.38. The van der Waals surface area contributed by atoms with Crippen LogP contribution in [0.2, 0.25) is 0 Å². The van der Waals surface area contributed by atoms with E-state index in [9.17, 15) is 4.39 Å². The fourth-order valence-electron chi connectivity index (χ4n) is 1.46. The zero-order chi connectivity index (χ0) is 12.0. The zero-order valence-corrected chi connectivity index (χ0v) is 9.37. The SMILES string of the molecule is C=CCNC(CN)c1ccc(OC)c(F)c1. The van der Waals surface area contributed by atoms with Crippen molar-refractivity contribution in [3.05, 3.63) is 42.2 Å². The van der Waals surface area contributed by atoms with Crippen LogP contribution in [0.3, 0.4) is 0 Å². The Labute approximate surface area is 95.1 Å². The normalized spacial score (nSPS) is 12.2. The summed E-state index contributed by atoms with van der Waals surface area (Å²) >= 11 is 0. The molecule has 16 heavy (non-hydrogen) atoms. The van der Waals surface area contributed by atoms with Gasteiger partial charge in [0.15, 0.2) is 11.6 Å². The number of nitrogens with one attached hydrogen (secondary N) is 1. The highest BCUT2D eigenvalue weighted by atomic mass is 19.1. The first-order valence-corrected chi connectivity index (χ1v) is 5.10. The van der Waals surface area contributed by atoms with Crippen LogP contribution in [0.15, 0.2) is 30.9 Å². The molecular formula is C12H17FN2O. The summed E-state index contributed by atoms with van der Waals surface area (Å²) in [7, 11) is 1.44. The van der Waals surface area contributed by atoms with Gasteiger partial charge < -0.3 is 15.8 Å². The molecule has 0 radical (unpaired) electrons. The Hall–Kier alpha value is -1.39. The van der Waals surface area contributed by atoms with Crippen molar-refractivity contribution in [2.24, 2.45) is 5.73 Å². The van der Waals surface area contributed by atoms with Gasteiger partial charge in [0.2, 0.25) is 0 Å². The third kappa shape index (κ3) is 3.05. The summed E-state index contributed by atoms with van der Waals surface area (Å²) in [6, 6.07) is 4.77. The molecule has 0 aromatic heterocycles. The summed E-state index contributed by atoms with van der Waals surface area (Å²) in [6.45, 7) is 4.64. The minimum Gasteiger partial charge on any atom is -0.494 e. The average molecular weight is 224 g/mol. The molecule has 1 aromatic carbocycles. The zero-order valence-electron chi connectivity index (χ0n) is 9.37. The fraction of sp³-hybridized carbons (Fsp3) is 0.333. The van der Waals surface area contributed by atoms with E-state index in [1.165, 1.54) is 13.2 Å². The summed E-state index contributed by atoms with van der Waals surface area (Å²) < 4.78 is 18.3. The molecule has 0 spiro atoms. The Balaban J connectivity index is 2.84. The molecule has 1 aromatic rings. The predicted molar refractivity (Wildman–Crippen MR) is 62.9 cm³/mol. The topological polar surface area (TPSA) is 47.3 Å². The first-order chi connectivity index (χ1) is 7.72. The van der Waals surface area contributed by atoms with Gasteiger partial charge in [0, 0.05) is 19.1 Å². The summed E-state index contributed by atoms with van der Waals surface area (Å²) in [6.07, 6.45) is 1.74. The van der Waals surface area contributed by atoms with Crippen molar-refractivity contribution in [3.8, 4) is 5.75 Å². The number of ether oxygens (including phenoxy) is 1. The van der Waals surface area contributed by atoms with Gasteiger partial charge in [-0.2, -0.15) is 0 Å². The van der Waals surface area contributed by atoms with E-state index in [0.29, 0.717) is 13.1 Å². The van der Waals surface area contributed by atoms with Gasteiger partial charge in [0.05, 0.1) is 7.11 Å². The van der Waals surface area contributed by atoms with E-state index < -0.39 is 0 Å². The summed E-state index contributed by atoms with van der Waals surface area (Å²) in [5.41, 5.74) is 6.42. The van der Waals surface area contributed by atoms with E-state index >= 15 is 0 Å². The van der Waals surface area contributed by atoms with Crippen molar-refractivity contribution >= 4 is 0 Å². The Morgan fingerprint density at radius 2 is 2.38 bits per heavy atom. The van der Waals surface area contributed by atoms with Gasteiger partial charge in [-0.3, -0.25) is 0 Å². The van der Waals surface area contributed by atoms with Gasteiger partial charge in [-0.25, -0.2) is 4.39 Å². The molecule has 1 unspecified atom stereocenters. The van der Waals surface area contributed by atoms with E-state index in [0.717, 1.165) is 5.56 Å². The third-order valence-corrected chi connectivity index (χ3v) is 2.32. The number of nitrogens with two attached hydrogens (primary N) is 1. The highest BCUT2D eigenvalue weighted by molar-refractivity contribution is 5.31. The standard InChI is InChI=1S/C12H17FN2O/c1-3-6-15-11(8-14)9-4-5-12(16-2)10(13)7-9/h3-5,7,11,15H,1,6,8,14H2,2H3. The molecule has 0 aliphatic heterocycles. The minimum atomic E-state index is -0.376. The third-order valence-electron chi connectivity index (χ3n) is 2.32. The van der Waals surface area contributed by atoms with Gasteiger partial charge in [-0.15, -0.1) is 6.58 Å². The van der Waals surface area contributed by atoms with Crippen LogP contribution in [0.5, 0.6) is 5.75 Å². The van der Waals surface area contributed by atoms with E-state index in [2.05, 4.69) is 11.9 Å². The molecule has 4 heteroatoms. The van der Waals surface area contributed by atoms with Crippen molar-refractivity contribution in [3.63, 3.8) is 0 Å². The first kappa shape index (κ1) is 12.7. The van der Waals surface area contributed by atoms with Crippen molar-refractivity contribution in [1.29, 1.82) is 0 Å². The molecule has 88 valence electrons. The highest BCUT2D eigenvalue weighted by Gasteiger charge is 2.11. The molecule has 0 bridgehead atoms. The maximum absolute atomic E-state index is 13.5. The Morgan fingerprint density at radius 3 is 2.88 bits per heavy atom. The quantitative estimate of drug-likeness (QED) is 0.722. The molecule has 1 atom stereocenters.